The molecule has 5 nitrogen and oxygen atoms in total. The van der Waals surface area contributed by atoms with Crippen molar-refractivity contribution >= 4 is 17.5 Å². The molecule has 3 aromatic carbocycles. The number of carbonyl (C=O) groups is 2. The highest BCUT2D eigenvalue weighted by atomic mass is 16.5. The number of para-hydroxylation sites is 1. The number of carbonyl (C=O) groups excluding carboxylic acids is 2. The number of hydrogen-bond donors (Lipinski definition) is 1. The molecule has 172 valence electrons. The minimum atomic E-state index is -0.0756. The molecule has 0 atom stereocenters. The van der Waals surface area contributed by atoms with E-state index in [1.165, 1.54) is 0 Å². The lowest BCUT2D eigenvalue weighted by atomic mass is 9.92. The van der Waals surface area contributed by atoms with E-state index in [-0.39, 0.29) is 17.2 Å². The molecule has 2 amide bonds. The van der Waals surface area contributed by atoms with Gasteiger partial charge in [0.15, 0.2) is 0 Å². The number of amides is 2. The minimum absolute atomic E-state index is 0.0332. The third-order valence-electron chi connectivity index (χ3n) is 4.96. The SMILES string of the molecule is CC(C)(C)CC(=O)NCCCN(C(=O)c1ccccc1)c1ccc(Oc2ccccc2)cc1. The van der Waals surface area contributed by atoms with Crippen LogP contribution in [0.3, 0.4) is 0 Å². The second-order valence-electron chi connectivity index (χ2n) is 9.17. The summed E-state index contributed by atoms with van der Waals surface area (Å²) in [6.45, 7) is 7.12. The summed E-state index contributed by atoms with van der Waals surface area (Å²) in [6.07, 6.45) is 1.12. The van der Waals surface area contributed by atoms with E-state index in [0.717, 1.165) is 11.4 Å². The zero-order valence-corrected chi connectivity index (χ0v) is 19.6. The Morgan fingerprint density at radius 1 is 0.818 bits per heavy atom. The molecule has 0 aromatic heterocycles. The summed E-state index contributed by atoms with van der Waals surface area (Å²) in [5, 5.41) is 2.96. The van der Waals surface area contributed by atoms with E-state index < -0.39 is 0 Å². The van der Waals surface area contributed by atoms with Crippen LogP contribution in [-0.4, -0.2) is 24.9 Å². The van der Waals surface area contributed by atoms with Gasteiger partial charge in [-0.05, 0) is 60.4 Å². The van der Waals surface area contributed by atoms with Gasteiger partial charge in [0, 0.05) is 30.8 Å². The van der Waals surface area contributed by atoms with E-state index in [9.17, 15) is 9.59 Å². The summed E-state index contributed by atoms with van der Waals surface area (Å²) >= 11 is 0. The number of rotatable bonds is 9. The number of hydrogen-bond acceptors (Lipinski definition) is 3. The van der Waals surface area contributed by atoms with Gasteiger partial charge in [0.25, 0.3) is 5.91 Å². The van der Waals surface area contributed by atoms with E-state index in [4.69, 9.17) is 4.74 Å². The molecule has 0 radical (unpaired) electrons. The first-order chi connectivity index (χ1) is 15.8. The molecule has 3 aromatic rings. The second kappa shape index (κ2) is 11.3. The highest BCUT2D eigenvalue weighted by molar-refractivity contribution is 6.06. The van der Waals surface area contributed by atoms with Gasteiger partial charge in [-0.2, -0.15) is 0 Å². The molecule has 3 rings (SSSR count). The minimum Gasteiger partial charge on any atom is -0.457 e. The van der Waals surface area contributed by atoms with E-state index in [0.29, 0.717) is 37.2 Å². The van der Waals surface area contributed by atoms with Crippen LogP contribution in [0.15, 0.2) is 84.9 Å². The number of anilines is 1. The van der Waals surface area contributed by atoms with Crippen LogP contribution >= 0.6 is 0 Å². The number of benzene rings is 3. The number of nitrogens with zero attached hydrogens (tertiary/aromatic N) is 1. The van der Waals surface area contributed by atoms with Crippen LogP contribution in [0.4, 0.5) is 5.69 Å². The largest absolute Gasteiger partial charge is 0.457 e. The summed E-state index contributed by atoms with van der Waals surface area (Å²) in [4.78, 5) is 27.1. The van der Waals surface area contributed by atoms with Gasteiger partial charge >= 0.3 is 0 Å². The van der Waals surface area contributed by atoms with E-state index in [2.05, 4.69) is 5.32 Å². The Balaban J connectivity index is 1.68. The average molecular weight is 445 g/mol. The zero-order chi connectivity index (χ0) is 23.7. The standard InChI is InChI=1S/C28H32N2O3/c1-28(2,3)21-26(31)29-19-10-20-30(27(32)22-11-6-4-7-12-22)23-15-17-25(18-16-23)33-24-13-8-5-9-14-24/h4-9,11-18H,10,19-21H2,1-3H3,(H,29,31). The molecule has 0 saturated carbocycles. The van der Waals surface area contributed by atoms with Gasteiger partial charge in [-0.15, -0.1) is 0 Å². The van der Waals surface area contributed by atoms with Gasteiger partial charge < -0.3 is 15.0 Å². The van der Waals surface area contributed by atoms with Crippen molar-refractivity contribution in [2.75, 3.05) is 18.0 Å². The highest BCUT2D eigenvalue weighted by Crippen LogP contribution is 2.25. The van der Waals surface area contributed by atoms with Crippen LogP contribution in [-0.2, 0) is 4.79 Å². The molecule has 0 bridgehead atoms. The summed E-state index contributed by atoms with van der Waals surface area (Å²) in [6, 6.07) is 26.3. The molecule has 0 aliphatic carbocycles. The molecular formula is C28H32N2O3. The fourth-order valence-electron chi connectivity index (χ4n) is 3.41. The maximum atomic E-state index is 13.2. The third kappa shape index (κ3) is 7.79. The van der Waals surface area contributed by atoms with Crippen LogP contribution in [0.1, 0.15) is 44.0 Å². The molecule has 5 heteroatoms. The predicted molar refractivity (Wildman–Crippen MR) is 133 cm³/mol. The molecule has 1 N–H and O–H groups in total. The highest BCUT2D eigenvalue weighted by Gasteiger charge is 2.19. The Labute approximate surface area is 196 Å². The van der Waals surface area contributed by atoms with Crippen molar-refractivity contribution in [3.05, 3.63) is 90.5 Å². The van der Waals surface area contributed by atoms with Crippen LogP contribution in [0.2, 0.25) is 0 Å². The molecule has 0 saturated heterocycles. The van der Waals surface area contributed by atoms with E-state index in [1.807, 2.05) is 106 Å². The van der Waals surface area contributed by atoms with Crippen LogP contribution in [0, 0.1) is 5.41 Å². The van der Waals surface area contributed by atoms with Gasteiger partial charge in [0.1, 0.15) is 11.5 Å². The first kappa shape index (κ1) is 24.1. The van der Waals surface area contributed by atoms with Crippen LogP contribution in [0.25, 0.3) is 0 Å². The van der Waals surface area contributed by atoms with Crippen molar-refractivity contribution in [1.29, 1.82) is 0 Å². The fourth-order valence-corrected chi connectivity index (χ4v) is 3.41. The lowest BCUT2D eigenvalue weighted by molar-refractivity contribution is -0.122. The first-order valence-corrected chi connectivity index (χ1v) is 11.3. The van der Waals surface area contributed by atoms with Crippen molar-refractivity contribution in [2.24, 2.45) is 5.41 Å². The van der Waals surface area contributed by atoms with Gasteiger partial charge in [0.2, 0.25) is 5.91 Å². The molecular weight excluding hydrogens is 412 g/mol. The Morgan fingerprint density at radius 2 is 1.39 bits per heavy atom. The first-order valence-electron chi connectivity index (χ1n) is 11.3. The monoisotopic (exact) mass is 444 g/mol. The summed E-state index contributed by atoms with van der Waals surface area (Å²) in [5.74, 6) is 1.42. The third-order valence-corrected chi connectivity index (χ3v) is 4.96. The van der Waals surface area contributed by atoms with E-state index in [1.54, 1.807) is 4.90 Å². The lowest BCUT2D eigenvalue weighted by Gasteiger charge is -2.24. The zero-order valence-electron chi connectivity index (χ0n) is 19.6. The fraction of sp³-hybridized carbons (Fsp3) is 0.286. The predicted octanol–water partition coefficient (Wildman–Crippen LogP) is 6.07. The molecule has 33 heavy (non-hydrogen) atoms. The molecule has 0 heterocycles. The average Bonchev–Trinajstić information content (AvgIpc) is 2.79. The Morgan fingerprint density at radius 3 is 2.00 bits per heavy atom. The maximum Gasteiger partial charge on any atom is 0.258 e. The van der Waals surface area contributed by atoms with Crippen molar-refractivity contribution in [2.45, 2.75) is 33.6 Å². The van der Waals surface area contributed by atoms with Crippen molar-refractivity contribution in [1.82, 2.24) is 5.32 Å². The topological polar surface area (TPSA) is 58.6 Å². The van der Waals surface area contributed by atoms with Gasteiger partial charge in [-0.1, -0.05) is 57.2 Å². The molecule has 0 aliphatic rings. The van der Waals surface area contributed by atoms with Crippen LogP contribution in [0.5, 0.6) is 11.5 Å². The Bertz CT molecular complexity index is 1030. The lowest BCUT2D eigenvalue weighted by Crippen LogP contribution is -2.35. The Hall–Kier alpha value is -3.60. The molecule has 0 unspecified atom stereocenters. The summed E-state index contributed by atoms with van der Waals surface area (Å²) < 4.78 is 5.87. The van der Waals surface area contributed by atoms with Gasteiger partial charge in [-0.3, -0.25) is 9.59 Å². The van der Waals surface area contributed by atoms with Gasteiger partial charge in [0.05, 0.1) is 0 Å². The molecule has 0 spiro atoms. The van der Waals surface area contributed by atoms with Crippen molar-refractivity contribution in [3.8, 4) is 11.5 Å². The number of ether oxygens (including phenoxy) is 1. The second-order valence-corrected chi connectivity index (χ2v) is 9.17. The normalized spacial score (nSPS) is 11.0. The van der Waals surface area contributed by atoms with Gasteiger partial charge in [-0.25, -0.2) is 0 Å². The number of nitrogens with one attached hydrogen (secondary N) is 1. The van der Waals surface area contributed by atoms with Crippen molar-refractivity contribution in [3.63, 3.8) is 0 Å². The van der Waals surface area contributed by atoms with Crippen LogP contribution < -0.4 is 15.0 Å². The molecule has 0 fully saturated rings. The van der Waals surface area contributed by atoms with E-state index >= 15 is 0 Å². The smallest absolute Gasteiger partial charge is 0.258 e. The molecule has 0 aliphatic heterocycles. The summed E-state index contributed by atoms with van der Waals surface area (Å²) in [7, 11) is 0. The maximum absolute atomic E-state index is 13.2. The van der Waals surface area contributed by atoms with Crippen molar-refractivity contribution < 1.29 is 14.3 Å². The Kier molecular flexibility index (Phi) is 8.25. The summed E-state index contributed by atoms with van der Waals surface area (Å²) in [5.41, 5.74) is 1.35. The quantitative estimate of drug-likeness (QED) is 0.408.